The van der Waals surface area contributed by atoms with Crippen molar-refractivity contribution in [1.29, 1.82) is 0 Å². The Labute approximate surface area is 119 Å². The van der Waals surface area contributed by atoms with Gasteiger partial charge in [-0.15, -0.1) is 5.10 Å². The molecule has 0 aliphatic carbocycles. The maximum absolute atomic E-state index is 11.4. The molecule has 0 radical (unpaired) electrons. The Morgan fingerprint density at radius 3 is 3.00 bits per heavy atom. The van der Waals surface area contributed by atoms with Gasteiger partial charge >= 0.3 is 5.69 Å². The SMILES string of the molecule is CCn1c(SCc2nc(NC)ccc2Cl)n[nH]c1=O. The van der Waals surface area contributed by atoms with Crippen molar-refractivity contribution in [3.63, 3.8) is 0 Å². The molecule has 0 fully saturated rings. The molecule has 8 heteroatoms. The third-order valence-electron chi connectivity index (χ3n) is 2.55. The lowest BCUT2D eigenvalue weighted by molar-refractivity contribution is 0.660. The van der Waals surface area contributed by atoms with Crippen molar-refractivity contribution in [2.24, 2.45) is 0 Å². The van der Waals surface area contributed by atoms with Crippen molar-refractivity contribution in [2.45, 2.75) is 24.4 Å². The van der Waals surface area contributed by atoms with Crippen LogP contribution in [0.4, 0.5) is 5.82 Å². The lowest BCUT2D eigenvalue weighted by Gasteiger charge is -2.06. The third-order valence-corrected chi connectivity index (χ3v) is 3.88. The van der Waals surface area contributed by atoms with Crippen LogP contribution in [0.5, 0.6) is 0 Å². The highest BCUT2D eigenvalue weighted by molar-refractivity contribution is 7.98. The summed E-state index contributed by atoms with van der Waals surface area (Å²) in [6.07, 6.45) is 0. The smallest absolute Gasteiger partial charge is 0.343 e. The molecule has 0 spiro atoms. The average molecular weight is 300 g/mol. The third kappa shape index (κ3) is 3.10. The van der Waals surface area contributed by atoms with Crippen LogP contribution >= 0.6 is 23.4 Å². The number of rotatable bonds is 5. The van der Waals surface area contributed by atoms with E-state index in [1.165, 1.54) is 11.8 Å². The van der Waals surface area contributed by atoms with Gasteiger partial charge in [-0.05, 0) is 19.1 Å². The lowest BCUT2D eigenvalue weighted by Crippen LogP contribution is -2.16. The van der Waals surface area contributed by atoms with Crippen molar-refractivity contribution in [2.75, 3.05) is 12.4 Å². The van der Waals surface area contributed by atoms with Gasteiger partial charge in [0, 0.05) is 19.3 Å². The molecule has 0 amide bonds. The highest BCUT2D eigenvalue weighted by Crippen LogP contribution is 2.24. The normalized spacial score (nSPS) is 10.7. The Kier molecular flexibility index (Phi) is 4.49. The molecule has 2 heterocycles. The quantitative estimate of drug-likeness (QED) is 0.826. The van der Waals surface area contributed by atoms with Gasteiger partial charge < -0.3 is 5.32 Å². The van der Waals surface area contributed by atoms with E-state index in [-0.39, 0.29) is 5.69 Å². The molecular formula is C11H14ClN5OS. The minimum Gasteiger partial charge on any atom is -0.373 e. The Morgan fingerprint density at radius 2 is 2.32 bits per heavy atom. The van der Waals surface area contributed by atoms with E-state index in [9.17, 15) is 4.79 Å². The monoisotopic (exact) mass is 299 g/mol. The Morgan fingerprint density at radius 1 is 1.53 bits per heavy atom. The fraction of sp³-hybridized carbons (Fsp3) is 0.364. The molecule has 0 aliphatic heterocycles. The van der Waals surface area contributed by atoms with Crippen molar-refractivity contribution in [3.8, 4) is 0 Å². The molecule has 0 unspecified atom stereocenters. The van der Waals surface area contributed by atoms with Gasteiger partial charge in [0.05, 0.1) is 10.7 Å². The highest BCUT2D eigenvalue weighted by atomic mass is 35.5. The van der Waals surface area contributed by atoms with Crippen molar-refractivity contribution in [3.05, 3.63) is 33.3 Å². The second kappa shape index (κ2) is 6.12. The summed E-state index contributed by atoms with van der Waals surface area (Å²) < 4.78 is 1.57. The van der Waals surface area contributed by atoms with Crippen LogP contribution in [0.25, 0.3) is 0 Å². The zero-order valence-corrected chi connectivity index (χ0v) is 12.2. The van der Waals surface area contributed by atoms with E-state index in [0.717, 1.165) is 11.5 Å². The maximum atomic E-state index is 11.4. The first-order chi connectivity index (χ1) is 9.15. The number of hydrogen-bond acceptors (Lipinski definition) is 5. The van der Waals surface area contributed by atoms with Crippen LogP contribution in [-0.2, 0) is 12.3 Å². The van der Waals surface area contributed by atoms with Gasteiger partial charge in [-0.1, -0.05) is 23.4 Å². The van der Waals surface area contributed by atoms with Crippen LogP contribution in [0.2, 0.25) is 5.02 Å². The summed E-state index contributed by atoms with van der Waals surface area (Å²) in [6.45, 7) is 2.48. The molecule has 2 rings (SSSR count). The Bertz CT molecular complexity index is 624. The number of hydrogen-bond donors (Lipinski definition) is 2. The maximum Gasteiger partial charge on any atom is 0.343 e. The van der Waals surface area contributed by atoms with Gasteiger partial charge in [0.15, 0.2) is 5.16 Å². The van der Waals surface area contributed by atoms with Crippen LogP contribution in [0.3, 0.4) is 0 Å². The number of nitrogens with zero attached hydrogens (tertiary/aromatic N) is 3. The van der Waals surface area contributed by atoms with Crippen LogP contribution in [-0.4, -0.2) is 26.8 Å². The molecular weight excluding hydrogens is 286 g/mol. The number of aromatic nitrogens is 4. The van der Waals surface area contributed by atoms with Crippen molar-refractivity contribution >= 4 is 29.2 Å². The van der Waals surface area contributed by atoms with E-state index < -0.39 is 0 Å². The summed E-state index contributed by atoms with van der Waals surface area (Å²) in [5.74, 6) is 1.31. The summed E-state index contributed by atoms with van der Waals surface area (Å²) in [7, 11) is 1.80. The van der Waals surface area contributed by atoms with Gasteiger partial charge in [-0.3, -0.25) is 4.57 Å². The van der Waals surface area contributed by atoms with Crippen molar-refractivity contribution in [1.82, 2.24) is 19.7 Å². The van der Waals surface area contributed by atoms with E-state index in [4.69, 9.17) is 11.6 Å². The first-order valence-electron chi connectivity index (χ1n) is 5.77. The average Bonchev–Trinajstić information content (AvgIpc) is 2.78. The standard InChI is InChI=1S/C11H14ClN5OS/c1-3-17-10(18)15-16-11(17)19-6-8-7(12)4-5-9(13-2)14-8/h4-5H,3,6H2,1-2H3,(H,13,14)(H,15,18). The molecule has 0 atom stereocenters. The number of pyridine rings is 1. The van der Waals surface area contributed by atoms with Crippen LogP contribution in [0, 0.1) is 0 Å². The van der Waals surface area contributed by atoms with Gasteiger partial charge in [-0.2, -0.15) is 0 Å². The molecule has 102 valence electrons. The first-order valence-corrected chi connectivity index (χ1v) is 7.13. The predicted molar refractivity (Wildman–Crippen MR) is 76.9 cm³/mol. The molecule has 0 saturated carbocycles. The summed E-state index contributed by atoms with van der Waals surface area (Å²) in [4.78, 5) is 15.8. The van der Waals surface area contributed by atoms with Gasteiger partial charge in [0.1, 0.15) is 5.82 Å². The van der Waals surface area contributed by atoms with Crippen LogP contribution < -0.4 is 11.0 Å². The van der Waals surface area contributed by atoms with Crippen molar-refractivity contribution < 1.29 is 0 Å². The topological polar surface area (TPSA) is 75.6 Å². The highest BCUT2D eigenvalue weighted by Gasteiger charge is 2.10. The van der Waals surface area contributed by atoms with Gasteiger partial charge in [-0.25, -0.2) is 14.9 Å². The second-order valence-corrected chi connectivity index (χ2v) is 5.07. The van der Waals surface area contributed by atoms with Crippen LogP contribution in [0.1, 0.15) is 12.6 Å². The number of H-pyrrole nitrogens is 1. The largest absolute Gasteiger partial charge is 0.373 e. The molecule has 0 bridgehead atoms. The summed E-state index contributed by atoms with van der Waals surface area (Å²) in [5, 5.41) is 10.6. The molecule has 2 aromatic rings. The van der Waals surface area contributed by atoms with E-state index in [2.05, 4.69) is 20.5 Å². The predicted octanol–water partition coefficient (Wildman–Crippen LogP) is 1.97. The summed E-state index contributed by atoms with van der Waals surface area (Å²) in [5.41, 5.74) is 0.560. The number of halogens is 1. The zero-order chi connectivity index (χ0) is 13.8. The van der Waals surface area contributed by atoms with E-state index in [1.807, 2.05) is 13.0 Å². The first kappa shape index (κ1) is 14.0. The molecule has 2 N–H and O–H groups in total. The minimum absolute atomic E-state index is 0.201. The number of anilines is 1. The number of thioether (sulfide) groups is 1. The number of nitrogens with one attached hydrogen (secondary N) is 2. The molecule has 0 aromatic carbocycles. The van der Waals surface area contributed by atoms with Crippen LogP contribution in [0.15, 0.2) is 22.1 Å². The zero-order valence-electron chi connectivity index (χ0n) is 10.6. The van der Waals surface area contributed by atoms with E-state index >= 15 is 0 Å². The molecule has 0 aliphatic rings. The second-order valence-electron chi connectivity index (χ2n) is 3.72. The van der Waals surface area contributed by atoms with E-state index in [0.29, 0.717) is 22.5 Å². The van der Waals surface area contributed by atoms with E-state index in [1.54, 1.807) is 17.7 Å². The fourth-order valence-electron chi connectivity index (χ4n) is 1.55. The molecule has 6 nitrogen and oxygen atoms in total. The Hall–Kier alpha value is -1.47. The molecule has 2 aromatic heterocycles. The number of aromatic amines is 1. The summed E-state index contributed by atoms with van der Waals surface area (Å²) in [6, 6.07) is 3.61. The van der Waals surface area contributed by atoms with Gasteiger partial charge in [0.25, 0.3) is 0 Å². The Balaban J connectivity index is 2.16. The summed E-state index contributed by atoms with van der Waals surface area (Å²) >= 11 is 7.52. The molecule has 19 heavy (non-hydrogen) atoms. The fourth-order valence-corrected chi connectivity index (χ4v) is 2.77. The minimum atomic E-state index is -0.201. The lowest BCUT2D eigenvalue weighted by atomic mass is 10.3. The molecule has 0 saturated heterocycles. The van der Waals surface area contributed by atoms with Gasteiger partial charge in [0.2, 0.25) is 0 Å².